The van der Waals surface area contributed by atoms with Crippen molar-refractivity contribution in [2.45, 2.75) is 18.1 Å². The molecule has 2 rings (SSSR count). The summed E-state index contributed by atoms with van der Waals surface area (Å²) in [7, 11) is -2.04. The third kappa shape index (κ3) is 3.03. The maximum absolute atomic E-state index is 12.6. The molecule has 0 spiro atoms. The van der Waals surface area contributed by atoms with E-state index in [1.165, 1.54) is 10.4 Å². The number of rotatable bonds is 3. The molecule has 0 amide bonds. The molecule has 0 fully saturated rings. The monoisotopic (exact) mass is 393 g/mol. The van der Waals surface area contributed by atoms with Gasteiger partial charge >= 0.3 is 0 Å². The Morgan fingerprint density at radius 3 is 2.15 bits per heavy atom. The molecule has 1 aromatic carbocycles. The topological polar surface area (TPSA) is 37.4 Å². The lowest BCUT2D eigenvalue weighted by Crippen LogP contribution is -2.25. The van der Waals surface area contributed by atoms with Crippen molar-refractivity contribution >= 4 is 54.6 Å². The first-order valence-electron chi connectivity index (χ1n) is 5.74. The molecule has 1 heterocycles. The number of hydrogen-bond donors (Lipinski definition) is 0. The first-order valence-corrected chi connectivity index (χ1v) is 9.16. The van der Waals surface area contributed by atoms with Gasteiger partial charge in [0.2, 0.25) is 0 Å². The van der Waals surface area contributed by atoms with Crippen LogP contribution in [-0.4, -0.2) is 15.5 Å². The highest BCUT2D eigenvalue weighted by Gasteiger charge is 2.25. The lowest BCUT2D eigenvalue weighted by molar-refractivity contribution is 0.596. The van der Waals surface area contributed by atoms with E-state index < -0.39 is 10.0 Å². The molecule has 2 aromatic rings. The third-order valence-electron chi connectivity index (χ3n) is 2.81. The van der Waals surface area contributed by atoms with Gasteiger partial charge in [-0.1, -0.05) is 17.7 Å². The van der Waals surface area contributed by atoms with Crippen molar-refractivity contribution in [2.24, 2.45) is 0 Å². The van der Waals surface area contributed by atoms with Gasteiger partial charge in [-0.3, -0.25) is 4.31 Å². The smallest absolute Gasteiger partial charge is 0.269 e. The first kappa shape index (κ1) is 15.8. The lowest BCUT2D eigenvalue weighted by Gasteiger charge is -2.19. The highest BCUT2D eigenvalue weighted by Crippen LogP contribution is 2.36. The van der Waals surface area contributed by atoms with Gasteiger partial charge in [0.05, 0.1) is 14.5 Å². The van der Waals surface area contributed by atoms with E-state index in [-0.39, 0.29) is 4.21 Å². The molecular weight excluding hydrogens is 382 g/mol. The largest absolute Gasteiger partial charge is 0.273 e. The fourth-order valence-electron chi connectivity index (χ4n) is 1.86. The van der Waals surface area contributed by atoms with Crippen LogP contribution in [0, 0.1) is 13.8 Å². The molecule has 0 bridgehead atoms. The predicted molar refractivity (Wildman–Crippen MR) is 88.5 cm³/mol. The molecule has 0 saturated carbocycles. The van der Waals surface area contributed by atoms with Crippen molar-refractivity contribution in [2.75, 3.05) is 11.4 Å². The zero-order valence-corrected chi connectivity index (χ0v) is 15.1. The van der Waals surface area contributed by atoms with Crippen LogP contribution in [-0.2, 0) is 10.0 Å². The second-order valence-electron chi connectivity index (χ2n) is 4.51. The number of aryl methyl sites for hydroxylation is 2. The van der Waals surface area contributed by atoms with Crippen molar-refractivity contribution in [3.05, 3.63) is 44.2 Å². The minimum absolute atomic E-state index is 0.219. The van der Waals surface area contributed by atoms with E-state index in [2.05, 4.69) is 15.9 Å². The van der Waals surface area contributed by atoms with E-state index in [0.29, 0.717) is 14.5 Å². The Balaban J connectivity index is 2.48. The summed E-state index contributed by atoms with van der Waals surface area (Å²) in [6, 6.07) is 7.15. The lowest BCUT2D eigenvalue weighted by atomic mass is 10.1. The summed E-state index contributed by atoms with van der Waals surface area (Å²) < 4.78 is 27.3. The summed E-state index contributed by atoms with van der Waals surface area (Å²) in [4.78, 5) is 0. The fraction of sp³-hybridized carbons (Fsp3) is 0.231. The SMILES string of the molecule is Cc1cc(C)cc(N(C)S(=O)(=O)c2cc(Cl)c(Br)s2)c1. The molecule has 7 heteroatoms. The van der Waals surface area contributed by atoms with Gasteiger partial charge in [0, 0.05) is 7.05 Å². The van der Waals surface area contributed by atoms with Crippen molar-refractivity contribution in [3.8, 4) is 0 Å². The van der Waals surface area contributed by atoms with Crippen LogP contribution < -0.4 is 4.31 Å². The molecule has 0 N–H and O–H groups in total. The third-order valence-corrected chi connectivity index (χ3v) is 7.52. The Bertz CT molecular complexity index is 716. The quantitative estimate of drug-likeness (QED) is 0.762. The van der Waals surface area contributed by atoms with Crippen LogP contribution >= 0.6 is 38.9 Å². The van der Waals surface area contributed by atoms with Gasteiger partial charge in [0.1, 0.15) is 4.21 Å². The normalized spacial score (nSPS) is 11.7. The van der Waals surface area contributed by atoms with Crippen LogP contribution in [0.15, 0.2) is 32.3 Å². The predicted octanol–water partition coefficient (Wildman–Crippen LogP) is 4.61. The van der Waals surface area contributed by atoms with Gasteiger partial charge in [-0.25, -0.2) is 8.42 Å². The minimum Gasteiger partial charge on any atom is -0.269 e. The van der Waals surface area contributed by atoms with E-state index >= 15 is 0 Å². The Hall–Kier alpha value is -0.560. The summed E-state index contributed by atoms with van der Waals surface area (Å²) >= 11 is 10.3. The number of sulfonamides is 1. The Morgan fingerprint density at radius 2 is 1.70 bits per heavy atom. The fourth-order valence-corrected chi connectivity index (χ4v) is 5.61. The molecule has 3 nitrogen and oxygen atoms in total. The minimum atomic E-state index is -3.59. The molecule has 0 aliphatic carbocycles. The number of halogens is 2. The Labute approximate surface area is 136 Å². The van der Waals surface area contributed by atoms with Gasteiger partial charge < -0.3 is 0 Å². The van der Waals surface area contributed by atoms with E-state index in [9.17, 15) is 8.42 Å². The van der Waals surface area contributed by atoms with Gasteiger partial charge in [0.15, 0.2) is 0 Å². The summed E-state index contributed by atoms with van der Waals surface area (Å²) in [6.45, 7) is 3.88. The van der Waals surface area contributed by atoms with E-state index in [0.717, 1.165) is 22.5 Å². The number of nitrogens with zero attached hydrogens (tertiary/aromatic N) is 1. The van der Waals surface area contributed by atoms with Gasteiger partial charge in [-0.15, -0.1) is 11.3 Å². The second kappa shape index (κ2) is 5.67. The molecule has 0 unspecified atom stereocenters. The van der Waals surface area contributed by atoms with Gasteiger partial charge in [-0.05, 0) is 59.1 Å². The van der Waals surface area contributed by atoms with Crippen LogP contribution in [0.1, 0.15) is 11.1 Å². The van der Waals surface area contributed by atoms with Crippen LogP contribution in [0.2, 0.25) is 5.02 Å². The average Bonchev–Trinajstić information content (AvgIpc) is 2.68. The number of anilines is 1. The molecular formula is C13H13BrClNO2S2. The zero-order chi connectivity index (χ0) is 15.1. The molecule has 0 aliphatic rings. The summed E-state index contributed by atoms with van der Waals surface area (Å²) in [6.07, 6.45) is 0. The van der Waals surface area contributed by atoms with Crippen LogP contribution in [0.5, 0.6) is 0 Å². The number of thiophene rings is 1. The average molecular weight is 395 g/mol. The van der Waals surface area contributed by atoms with E-state index in [1.807, 2.05) is 32.0 Å². The number of benzene rings is 1. The molecule has 0 atom stereocenters. The molecule has 108 valence electrons. The molecule has 1 aromatic heterocycles. The van der Waals surface area contributed by atoms with Crippen LogP contribution in [0.4, 0.5) is 5.69 Å². The highest BCUT2D eigenvalue weighted by atomic mass is 79.9. The van der Waals surface area contributed by atoms with Crippen molar-refractivity contribution in [1.29, 1.82) is 0 Å². The second-order valence-corrected chi connectivity index (χ2v) is 9.48. The maximum Gasteiger partial charge on any atom is 0.273 e. The molecule has 0 saturated heterocycles. The number of hydrogen-bond acceptors (Lipinski definition) is 3. The standard InChI is InChI=1S/C13H13BrClNO2S2/c1-8-4-9(2)6-10(5-8)16(3)20(17,18)12-7-11(15)13(14)19-12/h4-7H,1-3H3. The zero-order valence-electron chi connectivity index (χ0n) is 11.1. The van der Waals surface area contributed by atoms with E-state index in [4.69, 9.17) is 11.6 Å². The molecule has 0 radical (unpaired) electrons. The van der Waals surface area contributed by atoms with Gasteiger partial charge in [-0.2, -0.15) is 0 Å². The Kier molecular flexibility index (Phi) is 4.49. The van der Waals surface area contributed by atoms with Gasteiger partial charge in [0.25, 0.3) is 10.0 Å². The summed E-state index contributed by atoms with van der Waals surface area (Å²) in [5, 5.41) is 0.405. The van der Waals surface area contributed by atoms with Crippen molar-refractivity contribution in [1.82, 2.24) is 0 Å². The summed E-state index contributed by atoms with van der Waals surface area (Å²) in [5.74, 6) is 0. The maximum atomic E-state index is 12.6. The van der Waals surface area contributed by atoms with Crippen molar-refractivity contribution < 1.29 is 8.42 Å². The van der Waals surface area contributed by atoms with E-state index in [1.54, 1.807) is 7.05 Å². The first-order chi connectivity index (χ1) is 9.21. The molecule has 0 aliphatic heterocycles. The van der Waals surface area contributed by atoms with Crippen LogP contribution in [0.25, 0.3) is 0 Å². The Morgan fingerprint density at radius 1 is 1.15 bits per heavy atom. The highest BCUT2D eigenvalue weighted by molar-refractivity contribution is 9.11. The van der Waals surface area contributed by atoms with Crippen LogP contribution in [0.3, 0.4) is 0 Å². The van der Waals surface area contributed by atoms with Crippen molar-refractivity contribution in [3.63, 3.8) is 0 Å². The molecule has 20 heavy (non-hydrogen) atoms. The summed E-state index contributed by atoms with van der Waals surface area (Å²) in [5.41, 5.74) is 2.68.